The molecule has 0 aromatic heterocycles. The Bertz CT molecular complexity index is 975. The first-order valence-corrected chi connectivity index (χ1v) is 11.0. The van der Waals surface area contributed by atoms with E-state index in [-0.39, 0.29) is 24.0 Å². The zero-order valence-electron chi connectivity index (χ0n) is 17.9. The SMILES string of the molecule is O=C(Cc1ccccc1O)CN1CCN(Cc2ccccc2)CC1Cc1ccccc1. The summed E-state index contributed by atoms with van der Waals surface area (Å²) < 4.78 is 0. The Labute approximate surface area is 184 Å². The molecule has 3 aromatic carbocycles. The molecule has 160 valence electrons. The number of Topliss-reactive ketones (excluding diaryl/α,β-unsaturated/α-hetero) is 1. The molecule has 1 unspecified atom stereocenters. The van der Waals surface area contributed by atoms with Crippen LogP contribution in [0.5, 0.6) is 5.75 Å². The maximum Gasteiger partial charge on any atom is 0.151 e. The fourth-order valence-corrected chi connectivity index (χ4v) is 4.39. The van der Waals surface area contributed by atoms with Gasteiger partial charge < -0.3 is 5.11 Å². The number of benzene rings is 3. The highest BCUT2D eigenvalue weighted by Gasteiger charge is 2.28. The van der Waals surface area contributed by atoms with Gasteiger partial charge in [-0.15, -0.1) is 0 Å². The van der Waals surface area contributed by atoms with Crippen molar-refractivity contribution in [2.24, 2.45) is 0 Å². The normalized spacial score (nSPS) is 17.5. The van der Waals surface area contributed by atoms with Crippen LogP contribution in [0.1, 0.15) is 16.7 Å². The fraction of sp³-hybridized carbons (Fsp3) is 0.296. The van der Waals surface area contributed by atoms with Crippen LogP contribution < -0.4 is 0 Å². The van der Waals surface area contributed by atoms with E-state index in [1.165, 1.54) is 11.1 Å². The molecule has 1 saturated heterocycles. The van der Waals surface area contributed by atoms with Crippen molar-refractivity contribution in [1.82, 2.24) is 9.80 Å². The van der Waals surface area contributed by atoms with Crippen LogP contribution in [-0.4, -0.2) is 52.9 Å². The van der Waals surface area contributed by atoms with Crippen molar-refractivity contribution in [3.05, 3.63) is 102 Å². The van der Waals surface area contributed by atoms with Crippen LogP contribution in [0.15, 0.2) is 84.9 Å². The Morgan fingerprint density at radius 2 is 1.48 bits per heavy atom. The van der Waals surface area contributed by atoms with E-state index in [9.17, 15) is 9.90 Å². The molecule has 4 nitrogen and oxygen atoms in total. The van der Waals surface area contributed by atoms with E-state index in [2.05, 4.69) is 64.4 Å². The van der Waals surface area contributed by atoms with Crippen molar-refractivity contribution in [2.75, 3.05) is 26.2 Å². The van der Waals surface area contributed by atoms with Gasteiger partial charge in [0.25, 0.3) is 0 Å². The summed E-state index contributed by atoms with van der Waals surface area (Å²) in [5.41, 5.74) is 3.33. The molecule has 0 amide bonds. The molecule has 0 spiro atoms. The van der Waals surface area contributed by atoms with Crippen LogP contribution in [0.4, 0.5) is 0 Å². The second-order valence-electron chi connectivity index (χ2n) is 8.38. The number of phenolic OH excluding ortho intramolecular Hbond substituents is 1. The maximum atomic E-state index is 12.8. The number of carbonyl (C=O) groups excluding carboxylic acids is 1. The molecule has 0 saturated carbocycles. The molecule has 0 radical (unpaired) electrons. The van der Waals surface area contributed by atoms with Gasteiger partial charge in [-0.05, 0) is 23.6 Å². The van der Waals surface area contributed by atoms with Gasteiger partial charge in [-0.3, -0.25) is 14.6 Å². The molecule has 1 N–H and O–H groups in total. The lowest BCUT2D eigenvalue weighted by Crippen LogP contribution is -2.55. The quantitative estimate of drug-likeness (QED) is 0.607. The summed E-state index contributed by atoms with van der Waals surface area (Å²) in [6.45, 7) is 4.12. The number of phenols is 1. The third-order valence-corrected chi connectivity index (χ3v) is 6.01. The Hall–Kier alpha value is -2.95. The Morgan fingerprint density at radius 1 is 0.839 bits per heavy atom. The minimum absolute atomic E-state index is 0.149. The van der Waals surface area contributed by atoms with Gasteiger partial charge in [-0.25, -0.2) is 0 Å². The topological polar surface area (TPSA) is 43.8 Å². The molecular weight excluding hydrogens is 384 g/mol. The van der Waals surface area contributed by atoms with Crippen molar-refractivity contribution >= 4 is 5.78 Å². The zero-order chi connectivity index (χ0) is 21.5. The zero-order valence-corrected chi connectivity index (χ0v) is 17.9. The summed E-state index contributed by atoms with van der Waals surface area (Å²) in [5, 5.41) is 10.0. The van der Waals surface area contributed by atoms with Crippen LogP contribution in [0.25, 0.3) is 0 Å². The number of nitrogens with zero attached hydrogens (tertiary/aromatic N) is 2. The number of carbonyl (C=O) groups is 1. The number of hydrogen-bond acceptors (Lipinski definition) is 4. The number of aromatic hydroxyl groups is 1. The predicted molar refractivity (Wildman–Crippen MR) is 124 cm³/mol. The molecule has 1 aliphatic heterocycles. The fourth-order valence-electron chi connectivity index (χ4n) is 4.39. The monoisotopic (exact) mass is 414 g/mol. The summed E-state index contributed by atoms with van der Waals surface area (Å²) in [6.07, 6.45) is 1.20. The number of para-hydroxylation sites is 1. The van der Waals surface area contributed by atoms with E-state index in [4.69, 9.17) is 0 Å². The molecule has 3 aromatic rings. The molecule has 4 heteroatoms. The Balaban J connectivity index is 1.43. The third-order valence-electron chi connectivity index (χ3n) is 6.01. The van der Waals surface area contributed by atoms with Crippen molar-refractivity contribution in [3.63, 3.8) is 0 Å². The smallest absolute Gasteiger partial charge is 0.151 e. The summed E-state index contributed by atoms with van der Waals surface area (Å²) in [4.78, 5) is 17.7. The number of hydrogen-bond donors (Lipinski definition) is 1. The van der Waals surface area contributed by atoms with Gasteiger partial charge in [-0.1, -0.05) is 78.9 Å². The molecule has 0 aliphatic carbocycles. The van der Waals surface area contributed by atoms with E-state index < -0.39 is 0 Å². The first-order chi connectivity index (χ1) is 15.2. The van der Waals surface area contributed by atoms with Crippen LogP contribution >= 0.6 is 0 Å². The molecule has 4 rings (SSSR count). The van der Waals surface area contributed by atoms with Crippen molar-refractivity contribution in [3.8, 4) is 5.75 Å². The average Bonchev–Trinajstić information content (AvgIpc) is 2.78. The first-order valence-electron chi connectivity index (χ1n) is 11.0. The van der Waals surface area contributed by atoms with E-state index >= 15 is 0 Å². The van der Waals surface area contributed by atoms with Crippen LogP contribution in [-0.2, 0) is 24.2 Å². The van der Waals surface area contributed by atoms with Gasteiger partial charge in [0.05, 0.1) is 6.54 Å². The lowest BCUT2D eigenvalue weighted by atomic mass is 10.00. The van der Waals surface area contributed by atoms with E-state index in [0.29, 0.717) is 12.1 Å². The molecule has 0 bridgehead atoms. The van der Waals surface area contributed by atoms with Crippen molar-refractivity contribution in [2.45, 2.75) is 25.4 Å². The second-order valence-corrected chi connectivity index (χ2v) is 8.38. The minimum Gasteiger partial charge on any atom is -0.508 e. The average molecular weight is 415 g/mol. The molecule has 1 aliphatic rings. The van der Waals surface area contributed by atoms with Gasteiger partial charge >= 0.3 is 0 Å². The summed E-state index contributed by atoms with van der Waals surface area (Å²) in [6, 6.07) is 28.5. The molecule has 1 fully saturated rings. The van der Waals surface area contributed by atoms with Crippen LogP contribution in [0, 0.1) is 0 Å². The second kappa shape index (κ2) is 10.4. The molecular formula is C27H30N2O2. The number of piperazine rings is 1. The van der Waals surface area contributed by atoms with Gasteiger partial charge in [0.1, 0.15) is 5.75 Å². The van der Waals surface area contributed by atoms with Crippen LogP contribution in [0.3, 0.4) is 0 Å². The lowest BCUT2D eigenvalue weighted by Gasteiger charge is -2.41. The van der Waals surface area contributed by atoms with Crippen molar-refractivity contribution in [1.29, 1.82) is 0 Å². The highest BCUT2D eigenvalue weighted by molar-refractivity contribution is 5.83. The highest BCUT2D eigenvalue weighted by Crippen LogP contribution is 2.20. The summed E-state index contributed by atoms with van der Waals surface area (Å²) >= 11 is 0. The maximum absolute atomic E-state index is 12.8. The predicted octanol–water partition coefficient (Wildman–Crippen LogP) is 3.93. The van der Waals surface area contributed by atoms with E-state index in [1.807, 2.05) is 18.2 Å². The summed E-state index contributed by atoms with van der Waals surface area (Å²) in [5.74, 6) is 0.348. The minimum atomic E-state index is 0.149. The third kappa shape index (κ3) is 6.03. The Morgan fingerprint density at radius 3 is 2.19 bits per heavy atom. The van der Waals surface area contributed by atoms with Gasteiger partial charge in [-0.2, -0.15) is 0 Å². The lowest BCUT2D eigenvalue weighted by molar-refractivity contribution is -0.120. The molecule has 1 atom stereocenters. The van der Waals surface area contributed by atoms with Gasteiger partial charge in [0, 0.05) is 44.2 Å². The Kier molecular flexibility index (Phi) is 7.13. The number of ketones is 1. The molecule has 1 heterocycles. The largest absolute Gasteiger partial charge is 0.508 e. The van der Waals surface area contributed by atoms with Gasteiger partial charge in [0.15, 0.2) is 5.78 Å². The van der Waals surface area contributed by atoms with Gasteiger partial charge in [0.2, 0.25) is 0 Å². The first kappa shape index (κ1) is 21.3. The standard InChI is InChI=1S/C27H30N2O2/c30-26(18-24-13-7-8-14-27(24)31)21-29-16-15-28(19-23-11-5-2-6-12-23)20-25(29)17-22-9-3-1-4-10-22/h1-14,25,31H,15-21H2. The van der Waals surface area contributed by atoms with Crippen molar-refractivity contribution < 1.29 is 9.90 Å². The van der Waals surface area contributed by atoms with E-state index in [0.717, 1.165) is 32.6 Å². The van der Waals surface area contributed by atoms with Crippen LogP contribution in [0.2, 0.25) is 0 Å². The molecule has 31 heavy (non-hydrogen) atoms. The van der Waals surface area contributed by atoms with E-state index in [1.54, 1.807) is 12.1 Å². The summed E-state index contributed by atoms with van der Waals surface area (Å²) in [7, 11) is 0. The number of rotatable bonds is 8. The highest BCUT2D eigenvalue weighted by atomic mass is 16.3.